The molecule has 2 aromatic carbocycles. The van der Waals surface area contributed by atoms with Gasteiger partial charge in [0.2, 0.25) is 5.39 Å². The Kier molecular flexibility index (Phi) is 4.40. The molecular weight excluding hydrogens is 336 g/mol. The van der Waals surface area contributed by atoms with Gasteiger partial charge in [0.1, 0.15) is 0 Å². The summed E-state index contributed by atoms with van der Waals surface area (Å²) in [4.78, 5) is 17.3. The first-order valence-electron chi connectivity index (χ1n) is 7.52. The third-order valence-corrected chi connectivity index (χ3v) is 3.64. The van der Waals surface area contributed by atoms with Crippen LogP contribution in [0.1, 0.15) is 11.3 Å². The van der Waals surface area contributed by atoms with Crippen molar-refractivity contribution in [1.29, 1.82) is 5.39 Å². The number of rotatable bonds is 4. The zero-order valence-electron chi connectivity index (χ0n) is 13.6. The Morgan fingerprint density at radius 1 is 1.19 bits per heavy atom. The van der Waals surface area contributed by atoms with Gasteiger partial charge in [-0.3, -0.25) is 10.1 Å². The summed E-state index contributed by atoms with van der Waals surface area (Å²) in [7, 11) is 0. The van der Waals surface area contributed by atoms with Crippen LogP contribution in [0.3, 0.4) is 0 Å². The molecule has 9 nitrogen and oxygen atoms in total. The van der Waals surface area contributed by atoms with Gasteiger partial charge in [-0.15, -0.1) is 0 Å². The molecule has 3 aromatic rings. The number of aromatic nitrogens is 2. The third kappa shape index (κ3) is 3.11. The van der Waals surface area contributed by atoms with E-state index in [1.807, 2.05) is 6.07 Å². The molecule has 0 spiro atoms. The maximum Gasteiger partial charge on any atom is 0.451 e. The Hall–Kier alpha value is -4.06. The lowest BCUT2D eigenvalue weighted by Crippen LogP contribution is -2.18. The van der Waals surface area contributed by atoms with Gasteiger partial charge in [-0.2, -0.15) is 5.10 Å². The second kappa shape index (κ2) is 6.82. The van der Waals surface area contributed by atoms with Gasteiger partial charge in [0.05, 0.1) is 10.6 Å². The number of para-hydroxylation sites is 1. The van der Waals surface area contributed by atoms with Gasteiger partial charge in [-0.25, -0.2) is 9.67 Å². The van der Waals surface area contributed by atoms with Crippen LogP contribution in [0.25, 0.3) is 10.7 Å². The van der Waals surface area contributed by atoms with Crippen molar-refractivity contribution < 1.29 is 10.0 Å². The summed E-state index contributed by atoms with van der Waals surface area (Å²) < 4.78 is 1.40. The molecule has 0 atom stereocenters. The average molecular weight is 348 g/mol. The van der Waals surface area contributed by atoms with Crippen LogP contribution in [0.4, 0.5) is 17.2 Å². The monoisotopic (exact) mass is 348 g/mol. The van der Waals surface area contributed by atoms with E-state index >= 15 is 0 Å². The molecule has 1 aromatic heterocycles. The minimum absolute atomic E-state index is 0.0690. The highest BCUT2D eigenvalue weighted by Crippen LogP contribution is 2.34. The Morgan fingerprint density at radius 3 is 2.42 bits per heavy atom. The zero-order valence-corrected chi connectivity index (χ0v) is 13.6. The van der Waals surface area contributed by atoms with Gasteiger partial charge in [0.25, 0.3) is 11.5 Å². The maximum absolute atomic E-state index is 12.5. The molecule has 0 saturated carbocycles. The predicted molar refractivity (Wildman–Crippen MR) is 92.3 cm³/mol. The van der Waals surface area contributed by atoms with E-state index in [1.54, 1.807) is 31.2 Å². The number of benzene rings is 2. The molecule has 0 unspecified atom stereocenters. The first kappa shape index (κ1) is 16.8. The van der Waals surface area contributed by atoms with E-state index in [9.17, 15) is 20.6 Å². The largest absolute Gasteiger partial charge is 0.858 e. The smallest absolute Gasteiger partial charge is 0.451 e. The first-order chi connectivity index (χ1) is 12.5. The normalized spacial score (nSPS) is 11.2. The summed E-state index contributed by atoms with van der Waals surface area (Å²) in [5.41, 5.74) is 1.15. The molecule has 0 aliphatic heterocycles. The molecule has 0 fully saturated rings. The molecule has 0 amide bonds. The van der Waals surface area contributed by atoms with Crippen LogP contribution in [-0.2, 0) is 0 Å². The van der Waals surface area contributed by atoms with E-state index in [1.165, 1.54) is 28.9 Å². The predicted octanol–water partition coefficient (Wildman–Crippen LogP) is 3.01. The van der Waals surface area contributed by atoms with Crippen LogP contribution >= 0.6 is 0 Å². The summed E-state index contributed by atoms with van der Waals surface area (Å²) in [5, 5.41) is 36.7. The van der Waals surface area contributed by atoms with Gasteiger partial charge < -0.3 is 5.11 Å². The number of hydrogen-bond acceptors (Lipinski definition) is 6. The fraction of sp³-hybridized carbons (Fsp3) is 0.0588. The number of diazo groups is 1. The van der Waals surface area contributed by atoms with Gasteiger partial charge in [-0.1, -0.05) is 18.2 Å². The van der Waals surface area contributed by atoms with Crippen LogP contribution in [0, 0.1) is 22.4 Å². The van der Waals surface area contributed by atoms with E-state index in [0.717, 1.165) is 0 Å². The van der Waals surface area contributed by atoms with E-state index < -0.39 is 10.8 Å². The van der Waals surface area contributed by atoms with Gasteiger partial charge >= 0.3 is 5.69 Å². The molecule has 0 aliphatic carbocycles. The fourth-order valence-corrected chi connectivity index (χ4v) is 2.36. The van der Waals surface area contributed by atoms with Crippen molar-refractivity contribution in [3.8, 4) is 5.69 Å². The van der Waals surface area contributed by atoms with Crippen molar-refractivity contribution in [2.45, 2.75) is 6.92 Å². The molecule has 9 heteroatoms. The van der Waals surface area contributed by atoms with Crippen molar-refractivity contribution in [3.05, 3.63) is 80.9 Å². The number of non-ortho nitro benzene ring substituents is 1. The highest BCUT2D eigenvalue weighted by Gasteiger charge is 2.26. The van der Waals surface area contributed by atoms with E-state index in [-0.39, 0.29) is 22.8 Å². The standard InChI is InChI=1S/C17H12N6O3/c1-11-15(20-18)16(22(21-11)13-5-3-2-4-6-13)19-17(24)12-7-9-14(10-8-12)23(25)26/h2-10H,1H3. The summed E-state index contributed by atoms with van der Waals surface area (Å²) in [5.74, 6) is -0.568. The van der Waals surface area contributed by atoms with Crippen LogP contribution < -0.4 is 5.11 Å². The number of hydrogen-bond donors (Lipinski definition) is 0. The molecule has 0 saturated heterocycles. The summed E-state index contributed by atoms with van der Waals surface area (Å²) in [6.07, 6.45) is 0. The van der Waals surface area contributed by atoms with Crippen molar-refractivity contribution in [2.75, 3.05) is 0 Å². The first-order valence-corrected chi connectivity index (χ1v) is 7.52. The topological polar surface area (TPSA) is 125 Å². The minimum atomic E-state index is -0.637. The fourth-order valence-electron chi connectivity index (χ4n) is 2.36. The molecule has 0 radical (unpaired) electrons. The lowest BCUT2D eigenvalue weighted by molar-refractivity contribution is -0.384. The molecule has 128 valence electrons. The van der Waals surface area contributed by atoms with E-state index in [0.29, 0.717) is 11.4 Å². The van der Waals surface area contributed by atoms with Crippen molar-refractivity contribution >= 4 is 23.1 Å². The number of nitro benzene ring substituents is 1. The number of aliphatic imine (C=N–C) groups is 1. The molecule has 0 aliphatic rings. The Balaban J connectivity index is 2.09. The van der Waals surface area contributed by atoms with Crippen LogP contribution in [0.2, 0.25) is 0 Å². The SMILES string of the molecule is Cc1nn(-c2ccccc2)c(N=C([O-])c2ccc([N+](=O)[O-])cc2)c1[N+]#N. The van der Waals surface area contributed by atoms with Gasteiger partial charge in [-0.05, 0) is 42.7 Å². The zero-order chi connectivity index (χ0) is 18.7. The average Bonchev–Trinajstić information content (AvgIpc) is 2.97. The quantitative estimate of drug-likeness (QED) is 0.236. The molecule has 0 bridgehead atoms. The number of aryl methyl sites for hydroxylation is 1. The molecule has 0 N–H and O–H groups in total. The molecule has 26 heavy (non-hydrogen) atoms. The Morgan fingerprint density at radius 2 is 1.85 bits per heavy atom. The van der Waals surface area contributed by atoms with Crippen LogP contribution in [-0.4, -0.2) is 20.6 Å². The van der Waals surface area contributed by atoms with E-state index in [4.69, 9.17) is 0 Å². The lowest BCUT2D eigenvalue weighted by Gasteiger charge is -2.10. The number of nitrogens with zero attached hydrogens (tertiary/aromatic N) is 6. The number of nitro groups is 1. The van der Waals surface area contributed by atoms with E-state index in [2.05, 4.69) is 15.1 Å². The molecule has 1 heterocycles. The Labute approximate surface area is 147 Å². The van der Waals surface area contributed by atoms with Gasteiger partial charge in [0, 0.05) is 12.1 Å². The van der Waals surface area contributed by atoms with Gasteiger partial charge in [0.15, 0.2) is 10.7 Å². The summed E-state index contributed by atoms with van der Waals surface area (Å²) in [6.45, 7) is 1.63. The second-order valence-electron chi connectivity index (χ2n) is 5.33. The molecular formula is C17H12N6O3. The Bertz CT molecular complexity index is 1030. The lowest BCUT2D eigenvalue weighted by atomic mass is 10.2. The van der Waals surface area contributed by atoms with Crippen molar-refractivity contribution in [2.24, 2.45) is 4.99 Å². The highest BCUT2D eigenvalue weighted by molar-refractivity contribution is 5.93. The summed E-state index contributed by atoms with van der Waals surface area (Å²) in [6, 6.07) is 14.0. The van der Waals surface area contributed by atoms with Crippen LogP contribution in [0.5, 0.6) is 0 Å². The minimum Gasteiger partial charge on any atom is -0.858 e. The van der Waals surface area contributed by atoms with Crippen molar-refractivity contribution in [3.63, 3.8) is 0 Å². The van der Waals surface area contributed by atoms with Crippen LogP contribution in [0.15, 0.2) is 59.6 Å². The molecule has 3 rings (SSSR count). The second-order valence-corrected chi connectivity index (χ2v) is 5.33. The third-order valence-electron chi connectivity index (χ3n) is 3.64. The summed E-state index contributed by atoms with van der Waals surface area (Å²) >= 11 is 0. The maximum atomic E-state index is 12.5. The van der Waals surface area contributed by atoms with Crippen molar-refractivity contribution in [1.82, 2.24) is 9.78 Å². The highest BCUT2D eigenvalue weighted by atomic mass is 16.6.